The summed E-state index contributed by atoms with van der Waals surface area (Å²) >= 11 is 2.49. The van der Waals surface area contributed by atoms with Crippen LogP contribution in [0.1, 0.15) is 5.56 Å². The van der Waals surface area contributed by atoms with Crippen LogP contribution in [0.25, 0.3) is 43.4 Å². The SMILES string of the molecule is Cc1c2ccccc2c(-c2c(I)ccc3ccccc23)c2ccccc12. The second-order valence-electron chi connectivity index (χ2n) is 6.73. The van der Waals surface area contributed by atoms with Gasteiger partial charge in [0.2, 0.25) is 0 Å². The first-order valence-corrected chi connectivity index (χ1v) is 9.91. The van der Waals surface area contributed by atoms with Crippen molar-refractivity contribution in [2.45, 2.75) is 6.92 Å². The van der Waals surface area contributed by atoms with Gasteiger partial charge in [-0.3, -0.25) is 0 Å². The molecule has 5 rings (SSSR count). The van der Waals surface area contributed by atoms with E-state index in [0.717, 1.165) is 0 Å². The molecule has 0 nitrogen and oxygen atoms in total. The molecule has 0 unspecified atom stereocenters. The zero-order valence-electron chi connectivity index (χ0n) is 14.5. The van der Waals surface area contributed by atoms with E-state index in [0.29, 0.717) is 0 Å². The third-order valence-corrected chi connectivity index (χ3v) is 6.23. The topological polar surface area (TPSA) is 0 Å². The minimum absolute atomic E-state index is 1.29. The standard InChI is InChI=1S/C25H17I/c1-16-18-9-4-6-12-21(18)24(22-13-7-5-10-19(16)22)25-20-11-3-2-8-17(20)14-15-23(25)26/h2-15H,1H3. The average molecular weight is 444 g/mol. The molecule has 26 heavy (non-hydrogen) atoms. The maximum atomic E-state index is 2.49. The molecule has 124 valence electrons. The van der Waals surface area contributed by atoms with E-state index in [-0.39, 0.29) is 0 Å². The van der Waals surface area contributed by atoms with Gasteiger partial charge in [0.15, 0.2) is 0 Å². The van der Waals surface area contributed by atoms with E-state index in [4.69, 9.17) is 0 Å². The highest BCUT2D eigenvalue weighted by Crippen LogP contribution is 2.43. The zero-order chi connectivity index (χ0) is 17.7. The smallest absolute Gasteiger partial charge is 0.0215 e. The zero-order valence-corrected chi connectivity index (χ0v) is 16.6. The summed E-state index contributed by atoms with van der Waals surface area (Å²) in [5, 5.41) is 7.95. The van der Waals surface area contributed by atoms with Crippen LogP contribution in [-0.4, -0.2) is 0 Å². The van der Waals surface area contributed by atoms with Gasteiger partial charge in [-0.05, 0) is 79.0 Å². The van der Waals surface area contributed by atoms with Gasteiger partial charge in [-0.15, -0.1) is 0 Å². The number of hydrogen-bond acceptors (Lipinski definition) is 0. The fourth-order valence-electron chi connectivity index (χ4n) is 4.11. The summed E-state index contributed by atoms with van der Waals surface area (Å²) in [5.74, 6) is 0. The number of fused-ring (bicyclic) bond motifs is 3. The Morgan fingerprint density at radius 2 is 1.00 bits per heavy atom. The van der Waals surface area contributed by atoms with E-state index in [2.05, 4.69) is 114 Å². The molecule has 0 aliphatic carbocycles. The van der Waals surface area contributed by atoms with Gasteiger partial charge in [-0.2, -0.15) is 0 Å². The molecule has 0 N–H and O–H groups in total. The van der Waals surface area contributed by atoms with Crippen molar-refractivity contribution in [3.63, 3.8) is 0 Å². The fourth-order valence-corrected chi connectivity index (χ4v) is 4.85. The van der Waals surface area contributed by atoms with E-state index in [1.165, 1.54) is 52.6 Å². The van der Waals surface area contributed by atoms with Gasteiger partial charge in [-0.25, -0.2) is 0 Å². The second kappa shape index (κ2) is 6.10. The molecule has 0 bridgehead atoms. The van der Waals surface area contributed by atoms with Crippen molar-refractivity contribution >= 4 is 54.9 Å². The van der Waals surface area contributed by atoms with Crippen molar-refractivity contribution in [1.29, 1.82) is 0 Å². The molecule has 0 saturated heterocycles. The first-order chi connectivity index (χ1) is 12.8. The minimum atomic E-state index is 1.29. The van der Waals surface area contributed by atoms with Crippen LogP contribution in [0.2, 0.25) is 0 Å². The molecule has 0 aliphatic rings. The molecule has 0 fully saturated rings. The maximum absolute atomic E-state index is 2.49. The number of aryl methyl sites for hydroxylation is 1. The molecule has 1 heteroatoms. The highest BCUT2D eigenvalue weighted by Gasteiger charge is 2.16. The summed E-state index contributed by atoms with van der Waals surface area (Å²) < 4.78 is 1.29. The molecule has 0 atom stereocenters. The molecule has 0 amide bonds. The normalized spacial score (nSPS) is 11.5. The Hall–Kier alpha value is -2.39. The summed E-state index contributed by atoms with van der Waals surface area (Å²) in [5.41, 5.74) is 4.05. The molecule has 0 aromatic heterocycles. The average Bonchev–Trinajstić information content (AvgIpc) is 2.70. The molecule has 0 saturated carbocycles. The van der Waals surface area contributed by atoms with Crippen LogP contribution >= 0.6 is 22.6 Å². The molecule has 0 heterocycles. The molecule has 0 radical (unpaired) electrons. The first kappa shape index (κ1) is 15.8. The van der Waals surface area contributed by atoms with Gasteiger partial charge < -0.3 is 0 Å². The maximum Gasteiger partial charge on any atom is 0.0215 e. The van der Waals surface area contributed by atoms with Gasteiger partial charge in [-0.1, -0.05) is 78.9 Å². The summed E-state index contributed by atoms with van der Waals surface area (Å²) in [7, 11) is 0. The van der Waals surface area contributed by atoms with Crippen LogP contribution in [0.4, 0.5) is 0 Å². The monoisotopic (exact) mass is 444 g/mol. The van der Waals surface area contributed by atoms with Gasteiger partial charge in [0, 0.05) is 9.13 Å². The molecule has 0 aliphatic heterocycles. The van der Waals surface area contributed by atoms with Crippen LogP contribution in [0, 0.1) is 10.5 Å². The van der Waals surface area contributed by atoms with Crippen LogP contribution in [0.3, 0.4) is 0 Å². The summed E-state index contributed by atoms with van der Waals surface area (Å²) in [6.45, 7) is 2.24. The molecular weight excluding hydrogens is 427 g/mol. The second-order valence-corrected chi connectivity index (χ2v) is 7.90. The lowest BCUT2D eigenvalue weighted by atomic mass is 9.87. The van der Waals surface area contributed by atoms with Crippen LogP contribution in [0.5, 0.6) is 0 Å². The highest BCUT2D eigenvalue weighted by atomic mass is 127. The predicted molar refractivity (Wildman–Crippen MR) is 122 cm³/mol. The predicted octanol–water partition coefficient (Wildman–Crippen LogP) is 7.73. The Balaban J connectivity index is 2.09. The van der Waals surface area contributed by atoms with Gasteiger partial charge in [0.05, 0.1) is 0 Å². The highest BCUT2D eigenvalue weighted by molar-refractivity contribution is 14.1. The van der Waals surface area contributed by atoms with Crippen LogP contribution in [-0.2, 0) is 0 Å². The largest absolute Gasteiger partial charge is 0.0616 e. The van der Waals surface area contributed by atoms with Crippen molar-refractivity contribution in [2.24, 2.45) is 0 Å². The van der Waals surface area contributed by atoms with Gasteiger partial charge in [0.1, 0.15) is 0 Å². The number of hydrogen-bond donors (Lipinski definition) is 0. The number of benzene rings is 5. The quantitative estimate of drug-likeness (QED) is 0.183. The Kier molecular flexibility index (Phi) is 3.71. The Morgan fingerprint density at radius 3 is 1.62 bits per heavy atom. The lowest BCUT2D eigenvalue weighted by molar-refractivity contribution is 1.57. The minimum Gasteiger partial charge on any atom is -0.0616 e. The van der Waals surface area contributed by atoms with Crippen LogP contribution in [0.15, 0.2) is 84.9 Å². The van der Waals surface area contributed by atoms with Gasteiger partial charge in [0.25, 0.3) is 0 Å². The summed E-state index contributed by atoms with van der Waals surface area (Å²) in [6, 6.07) is 30.8. The molecular formula is C25H17I. The van der Waals surface area contributed by atoms with Crippen molar-refractivity contribution in [3.8, 4) is 11.1 Å². The molecule has 5 aromatic rings. The van der Waals surface area contributed by atoms with E-state index in [1.807, 2.05) is 0 Å². The number of halogens is 1. The van der Waals surface area contributed by atoms with E-state index < -0.39 is 0 Å². The molecule has 0 spiro atoms. The van der Waals surface area contributed by atoms with Crippen molar-refractivity contribution in [3.05, 3.63) is 94.1 Å². The van der Waals surface area contributed by atoms with Crippen LogP contribution < -0.4 is 0 Å². The third-order valence-electron chi connectivity index (χ3n) is 5.33. The Labute approximate surface area is 166 Å². The Morgan fingerprint density at radius 1 is 0.500 bits per heavy atom. The Bertz CT molecular complexity index is 1240. The van der Waals surface area contributed by atoms with Crippen molar-refractivity contribution in [1.82, 2.24) is 0 Å². The lowest BCUT2D eigenvalue weighted by Crippen LogP contribution is -1.92. The first-order valence-electron chi connectivity index (χ1n) is 8.83. The molecule has 5 aromatic carbocycles. The number of rotatable bonds is 1. The van der Waals surface area contributed by atoms with Crippen molar-refractivity contribution < 1.29 is 0 Å². The summed E-state index contributed by atoms with van der Waals surface area (Å²) in [4.78, 5) is 0. The van der Waals surface area contributed by atoms with E-state index in [1.54, 1.807) is 0 Å². The van der Waals surface area contributed by atoms with E-state index in [9.17, 15) is 0 Å². The fraction of sp³-hybridized carbons (Fsp3) is 0.0400. The lowest BCUT2D eigenvalue weighted by Gasteiger charge is -2.18. The third kappa shape index (κ3) is 2.27. The van der Waals surface area contributed by atoms with E-state index >= 15 is 0 Å². The van der Waals surface area contributed by atoms with Gasteiger partial charge >= 0.3 is 0 Å². The summed E-state index contributed by atoms with van der Waals surface area (Å²) in [6.07, 6.45) is 0. The van der Waals surface area contributed by atoms with Crippen molar-refractivity contribution in [2.75, 3.05) is 0 Å².